The Balaban J connectivity index is 0.00000112. The van der Waals surface area contributed by atoms with E-state index in [1.54, 1.807) is 11.8 Å². The SMILES string of the molecule is Cl.O=C(NC1CCSCC1)[C@H]1CSCN1. The van der Waals surface area contributed by atoms with Crippen molar-refractivity contribution in [2.45, 2.75) is 24.9 Å². The number of hydrogen-bond acceptors (Lipinski definition) is 4. The first-order valence-corrected chi connectivity index (χ1v) is 7.36. The number of hydrogen-bond donors (Lipinski definition) is 2. The molecule has 1 amide bonds. The number of carbonyl (C=O) groups is 1. The Labute approximate surface area is 105 Å². The van der Waals surface area contributed by atoms with Gasteiger partial charge in [-0.1, -0.05) is 0 Å². The zero-order valence-corrected chi connectivity index (χ0v) is 11.0. The second kappa shape index (κ2) is 6.89. The Hall–Kier alpha value is 0.420. The third-order valence-electron chi connectivity index (χ3n) is 2.60. The van der Waals surface area contributed by atoms with Gasteiger partial charge in [-0.25, -0.2) is 0 Å². The van der Waals surface area contributed by atoms with Gasteiger partial charge in [-0.05, 0) is 24.3 Å². The summed E-state index contributed by atoms with van der Waals surface area (Å²) in [5.74, 6) is 4.42. The molecule has 6 heteroatoms. The van der Waals surface area contributed by atoms with E-state index >= 15 is 0 Å². The fourth-order valence-electron chi connectivity index (χ4n) is 1.71. The lowest BCUT2D eigenvalue weighted by Gasteiger charge is -2.23. The third-order valence-corrected chi connectivity index (χ3v) is 4.59. The molecule has 2 rings (SSSR count). The van der Waals surface area contributed by atoms with E-state index in [1.807, 2.05) is 11.8 Å². The highest BCUT2D eigenvalue weighted by Crippen LogP contribution is 2.17. The summed E-state index contributed by atoms with van der Waals surface area (Å²) in [6.45, 7) is 0. The minimum Gasteiger partial charge on any atom is -0.352 e. The van der Waals surface area contributed by atoms with Crippen molar-refractivity contribution < 1.29 is 4.79 Å². The zero-order valence-electron chi connectivity index (χ0n) is 8.53. The predicted octanol–water partition coefficient (Wildman–Crippen LogP) is 1.08. The van der Waals surface area contributed by atoms with Crippen LogP contribution in [0, 0.1) is 0 Å². The highest BCUT2D eigenvalue weighted by atomic mass is 35.5. The molecule has 0 aromatic carbocycles. The van der Waals surface area contributed by atoms with Crippen LogP contribution in [0.4, 0.5) is 0 Å². The van der Waals surface area contributed by atoms with Gasteiger partial charge < -0.3 is 5.32 Å². The Morgan fingerprint density at radius 2 is 2.00 bits per heavy atom. The van der Waals surface area contributed by atoms with Crippen molar-refractivity contribution in [3.05, 3.63) is 0 Å². The van der Waals surface area contributed by atoms with Gasteiger partial charge in [0.05, 0.1) is 6.04 Å². The third kappa shape index (κ3) is 4.06. The van der Waals surface area contributed by atoms with Gasteiger partial charge in [-0.3, -0.25) is 10.1 Å². The van der Waals surface area contributed by atoms with Gasteiger partial charge in [0.25, 0.3) is 0 Å². The molecule has 2 fully saturated rings. The number of halogens is 1. The molecule has 3 nitrogen and oxygen atoms in total. The Kier molecular flexibility index (Phi) is 6.19. The summed E-state index contributed by atoms with van der Waals surface area (Å²) >= 11 is 3.78. The van der Waals surface area contributed by atoms with Crippen LogP contribution >= 0.6 is 35.9 Å². The Bertz CT molecular complexity index is 206. The van der Waals surface area contributed by atoms with Gasteiger partial charge in [0.1, 0.15) is 0 Å². The van der Waals surface area contributed by atoms with E-state index in [-0.39, 0.29) is 24.4 Å². The molecule has 0 aliphatic carbocycles. The van der Waals surface area contributed by atoms with Gasteiger partial charge >= 0.3 is 0 Å². The minimum absolute atomic E-state index is 0. The highest BCUT2D eigenvalue weighted by Gasteiger charge is 2.25. The van der Waals surface area contributed by atoms with Gasteiger partial charge in [0.2, 0.25) is 5.91 Å². The van der Waals surface area contributed by atoms with Crippen LogP contribution in [0.1, 0.15) is 12.8 Å². The molecule has 15 heavy (non-hydrogen) atoms. The average Bonchev–Trinajstić information content (AvgIpc) is 2.72. The second-order valence-electron chi connectivity index (χ2n) is 3.67. The molecule has 0 aromatic rings. The smallest absolute Gasteiger partial charge is 0.238 e. The first kappa shape index (κ1) is 13.5. The van der Waals surface area contributed by atoms with Crippen LogP contribution in [0.15, 0.2) is 0 Å². The lowest BCUT2D eigenvalue weighted by Crippen LogP contribution is -2.47. The van der Waals surface area contributed by atoms with E-state index in [9.17, 15) is 4.79 Å². The maximum Gasteiger partial charge on any atom is 0.238 e. The van der Waals surface area contributed by atoms with E-state index < -0.39 is 0 Å². The van der Waals surface area contributed by atoms with Gasteiger partial charge in [-0.2, -0.15) is 11.8 Å². The molecule has 88 valence electrons. The van der Waals surface area contributed by atoms with Crippen molar-refractivity contribution in [3.8, 4) is 0 Å². The van der Waals surface area contributed by atoms with E-state index in [4.69, 9.17) is 0 Å². The average molecular weight is 269 g/mol. The number of rotatable bonds is 2. The summed E-state index contributed by atoms with van der Waals surface area (Å²) in [5.41, 5.74) is 0. The van der Waals surface area contributed by atoms with Crippen LogP contribution in [0.3, 0.4) is 0 Å². The van der Waals surface area contributed by atoms with Crippen LogP contribution in [0.2, 0.25) is 0 Å². The van der Waals surface area contributed by atoms with Gasteiger partial charge in [0.15, 0.2) is 0 Å². The molecule has 1 atom stereocenters. The van der Waals surface area contributed by atoms with E-state index in [0.717, 1.165) is 24.5 Å². The summed E-state index contributed by atoms with van der Waals surface area (Å²) in [6, 6.07) is 0.478. The number of carbonyl (C=O) groups excluding carboxylic acids is 1. The molecule has 0 spiro atoms. The molecule has 2 saturated heterocycles. The van der Waals surface area contributed by atoms with Gasteiger partial charge in [-0.15, -0.1) is 24.2 Å². The van der Waals surface area contributed by atoms with Crippen LogP contribution in [-0.4, -0.2) is 41.1 Å². The van der Waals surface area contributed by atoms with Crippen molar-refractivity contribution in [2.24, 2.45) is 0 Å². The molecule has 2 aliphatic heterocycles. The molecule has 2 N–H and O–H groups in total. The lowest BCUT2D eigenvalue weighted by molar-refractivity contribution is -0.123. The summed E-state index contributed by atoms with van der Waals surface area (Å²) < 4.78 is 0. The highest BCUT2D eigenvalue weighted by molar-refractivity contribution is 7.99. The fraction of sp³-hybridized carbons (Fsp3) is 0.889. The van der Waals surface area contributed by atoms with E-state index in [0.29, 0.717) is 6.04 Å². The van der Waals surface area contributed by atoms with Crippen LogP contribution < -0.4 is 10.6 Å². The lowest BCUT2D eigenvalue weighted by atomic mass is 10.1. The molecule has 0 saturated carbocycles. The largest absolute Gasteiger partial charge is 0.352 e. The Morgan fingerprint density at radius 3 is 2.60 bits per heavy atom. The topological polar surface area (TPSA) is 41.1 Å². The zero-order chi connectivity index (χ0) is 9.80. The van der Waals surface area contributed by atoms with Crippen LogP contribution in [0.25, 0.3) is 0 Å². The van der Waals surface area contributed by atoms with E-state index in [1.165, 1.54) is 11.5 Å². The molecule has 0 radical (unpaired) electrons. The summed E-state index contributed by atoms with van der Waals surface area (Å²) in [6.07, 6.45) is 2.27. The molecular formula is C9H17ClN2OS2. The van der Waals surface area contributed by atoms with Crippen molar-refractivity contribution in [1.29, 1.82) is 0 Å². The molecule has 2 aliphatic rings. The predicted molar refractivity (Wildman–Crippen MR) is 70.0 cm³/mol. The van der Waals surface area contributed by atoms with Crippen LogP contribution in [0.5, 0.6) is 0 Å². The normalized spacial score (nSPS) is 27.1. The first-order valence-electron chi connectivity index (χ1n) is 5.05. The molecule has 0 bridgehead atoms. The minimum atomic E-state index is 0. The van der Waals surface area contributed by atoms with Crippen molar-refractivity contribution in [2.75, 3.05) is 23.1 Å². The fourth-order valence-corrected chi connectivity index (χ4v) is 3.76. The number of nitrogens with one attached hydrogen (secondary N) is 2. The molecule has 2 heterocycles. The standard InChI is InChI=1S/C9H16N2OS2.ClH/c12-9(8-5-14-6-10-8)11-7-1-3-13-4-2-7;/h7-8,10H,1-6H2,(H,11,12);1H/t8-;/m1./s1. The maximum absolute atomic E-state index is 11.7. The molecular weight excluding hydrogens is 252 g/mol. The van der Waals surface area contributed by atoms with Crippen molar-refractivity contribution >= 4 is 41.8 Å². The summed E-state index contributed by atoms with van der Waals surface area (Å²) in [4.78, 5) is 11.7. The maximum atomic E-state index is 11.7. The quantitative estimate of drug-likeness (QED) is 0.787. The van der Waals surface area contributed by atoms with Crippen LogP contribution in [-0.2, 0) is 4.79 Å². The molecule has 0 unspecified atom stereocenters. The number of amides is 1. The Morgan fingerprint density at radius 1 is 1.27 bits per heavy atom. The summed E-state index contributed by atoms with van der Waals surface area (Å²) in [5, 5.41) is 6.32. The first-order chi connectivity index (χ1) is 6.86. The van der Waals surface area contributed by atoms with E-state index in [2.05, 4.69) is 10.6 Å². The monoisotopic (exact) mass is 268 g/mol. The number of thioether (sulfide) groups is 2. The van der Waals surface area contributed by atoms with Crippen molar-refractivity contribution in [3.63, 3.8) is 0 Å². The van der Waals surface area contributed by atoms with Crippen molar-refractivity contribution in [1.82, 2.24) is 10.6 Å². The second-order valence-corrected chi connectivity index (χ2v) is 5.92. The summed E-state index contributed by atoms with van der Waals surface area (Å²) in [7, 11) is 0. The molecule has 0 aromatic heterocycles. The van der Waals surface area contributed by atoms with Gasteiger partial charge in [0, 0.05) is 17.7 Å².